The van der Waals surface area contributed by atoms with Crippen LogP contribution in [0.25, 0.3) is 11.2 Å². The van der Waals surface area contributed by atoms with E-state index in [1.807, 2.05) is 16.7 Å². The van der Waals surface area contributed by atoms with Crippen molar-refractivity contribution in [1.82, 2.24) is 0 Å². The molecular weight excluding hydrogens is 386 g/mol. The highest BCUT2D eigenvalue weighted by molar-refractivity contribution is 9.10. The number of anilines is 1. The Morgan fingerprint density at radius 1 is 1.32 bits per heavy atom. The van der Waals surface area contributed by atoms with Crippen molar-refractivity contribution in [2.45, 2.75) is 19.8 Å². The van der Waals surface area contributed by atoms with E-state index in [1.54, 1.807) is 12.3 Å². The fourth-order valence-corrected chi connectivity index (χ4v) is 3.68. The Morgan fingerprint density at radius 3 is 2.86 bits per heavy atom. The number of aliphatic hydroxyl groups excluding tert-OH is 1. The van der Waals surface area contributed by atoms with Crippen molar-refractivity contribution in [3.63, 3.8) is 0 Å². The van der Waals surface area contributed by atoms with E-state index in [-0.39, 0.29) is 6.61 Å². The second-order valence-electron chi connectivity index (χ2n) is 4.87. The van der Waals surface area contributed by atoms with Gasteiger partial charge in [0.05, 0.1) is 15.6 Å². The van der Waals surface area contributed by atoms with Gasteiger partial charge in [-0.15, -0.1) is 0 Å². The number of halogens is 1. The molecule has 0 atom stereocenters. The Morgan fingerprint density at radius 2 is 2.14 bits per heavy atom. The van der Waals surface area contributed by atoms with Crippen LogP contribution >= 0.6 is 39.9 Å². The highest BCUT2D eigenvalue weighted by atomic mass is 79.9. The monoisotopic (exact) mass is 405 g/mol. The predicted molar refractivity (Wildman–Crippen MR) is 98.5 cm³/mol. The Bertz CT molecular complexity index is 656. The van der Waals surface area contributed by atoms with Crippen LogP contribution in [-0.2, 0) is 0 Å². The third kappa shape index (κ3) is 4.50. The fourth-order valence-electron chi connectivity index (χ4n) is 2.03. The summed E-state index contributed by atoms with van der Waals surface area (Å²) in [7, 11) is 0. The first kappa shape index (κ1) is 17.8. The van der Waals surface area contributed by atoms with E-state index >= 15 is 0 Å². The Balaban J connectivity index is 2.13. The van der Waals surface area contributed by atoms with Gasteiger partial charge >= 0.3 is 0 Å². The van der Waals surface area contributed by atoms with Crippen LogP contribution in [0.15, 0.2) is 25.6 Å². The largest absolute Gasteiger partial charge is 0.458 e. The lowest BCUT2D eigenvalue weighted by Gasteiger charge is -2.22. The molecule has 7 heteroatoms. The van der Waals surface area contributed by atoms with Gasteiger partial charge in [0.15, 0.2) is 17.1 Å². The Hall–Kier alpha value is -0.500. The minimum Gasteiger partial charge on any atom is -0.458 e. The number of hydrogen-bond acceptors (Lipinski definition) is 6. The van der Waals surface area contributed by atoms with Gasteiger partial charge in [-0.1, -0.05) is 25.6 Å². The summed E-state index contributed by atoms with van der Waals surface area (Å²) in [6.07, 6.45) is 4.02. The fraction of sp³-hybridized carbons (Fsp3) is 0.533. The van der Waals surface area contributed by atoms with Crippen LogP contribution < -0.4 is 4.90 Å². The van der Waals surface area contributed by atoms with Gasteiger partial charge in [0.1, 0.15) is 6.26 Å². The molecule has 4 nitrogen and oxygen atoms in total. The molecule has 1 N–H and O–H groups in total. The van der Waals surface area contributed by atoms with Crippen LogP contribution in [0.5, 0.6) is 0 Å². The first-order valence-corrected chi connectivity index (χ1v) is 9.67. The average molecular weight is 406 g/mol. The Kier molecular flexibility index (Phi) is 7.27. The van der Waals surface area contributed by atoms with E-state index < -0.39 is 0 Å². The summed E-state index contributed by atoms with van der Waals surface area (Å²) in [6, 6.07) is 1.79. The zero-order chi connectivity index (χ0) is 15.9. The van der Waals surface area contributed by atoms with Crippen molar-refractivity contribution in [2.75, 3.05) is 36.1 Å². The zero-order valence-electron chi connectivity index (χ0n) is 12.5. The van der Waals surface area contributed by atoms with Crippen LogP contribution in [0.4, 0.5) is 5.88 Å². The molecule has 0 unspecified atom stereocenters. The highest BCUT2D eigenvalue weighted by Crippen LogP contribution is 2.31. The predicted octanol–water partition coefficient (Wildman–Crippen LogP) is 4.85. The summed E-state index contributed by atoms with van der Waals surface area (Å²) in [4.78, 5) is 2.02. The van der Waals surface area contributed by atoms with Gasteiger partial charge in [0.25, 0.3) is 0 Å². The van der Waals surface area contributed by atoms with E-state index in [9.17, 15) is 5.11 Å². The van der Waals surface area contributed by atoms with Gasteiger partial charge in [0.2, 0.25) is 0 Å². The van der Waals surface area contributed by atoms with Crippen molar-refractivity contribution in [3.8, 4) is 0 Å². The number of nitrogens with zero attached hydrogens (tertiary/aromatic N) is 1. The average Bonchev–Trinajstić information content (AvgIpc) is 2.88. The van der Waals surface area contributed by atoms with Gasteiger partial charge in [-0.3, -0.25) is 0 Å². The van der Waals surface area contributed by atoms with E-state index in [2.05, 4.69) is 22.9 Å². The van der Waals surface area contributed by atoms with Crippen molar-refractivity contribution in [3.05, 3.63) is 21.3 Å². The molecule has 2 rings (SSSR count). The third-order valence-electron chi connectivity index (χ3n) is 3.22. The smallest absolute Gasteiger partial charge is 0.197 e. The second-order valence-corrected chi connectivity index (χ2v) is 7.39. The minimum atomic E-state index is 0.0759. The summed E-state index contributed by atoms with van der Waals surface area (Å²) in [5.74, 6) is 2.83. The van der Waals surface area contributed by atoms with Crippen molar-refractivity contribution in [2.24, 2.45) is 0 Å². The van der Waals surface area contributed by atoms with Gasteiger partial charge in [-0.25, -0.2) is 0 Å². The van der Waals surface area contributed by atoms with Gasteiger partial charge < -0.3 is 18.8 Å². The van der Waals surface area contributed by atoms with Crippen molar-refractivity contribution < 1.29 is 13.9 Å². The summed E-state index contributed by atoms with van der Waals surface area (Å²) in [5.41, 5.74) is 1.19. The number of hydrogen-bond donors (Lipinski definition) is 1. The summed E-state index contributed by atoms with van der Waals surface area (Å²) >= 11 is 10.7. The molecule has 0 saturated heterocycles. The van der Waals surface area contributed by atoms with Crippen LogP contribution in [0, 0.1) is 4.51 Å². The topological polar surface area (TPSA) is 49.8 Å². The highest BCUT2D eigenvalue weighted by Gasteiger charge is 2.14. The van der Waals surface area contributed by atoms with E-state index in [0.29, 0.717) is 28.1 Å². The normalized spacial score (nSPS) is 11.2. The molecular formula is C15H20BrNO3S2. The molecule has 2 aromatic rings. The first-order chi connectivity index (χ1) is 10.7. The lowest BCUT2D eigenvalue weighted by atomic mass is 10.4. The van der Waals surface area contributed by atoms with Crippen molar-refractivity contribution >= 4 is 57.0 Å². The molecule has 0 aliphatic rings. The summed E-state index contributed by atoms with van der Waals surface area (Å²) in [5, 5.41) is 9.29. The van der Waals surface area contributed by atoms with Gasteiger partial charge in [-0.05, 0) is 28.1 Å². The molecule has 0 saturated carbocycles. The van der Waals surface area contributed by atoms with Crippen molar-refractivity contribution in [1.29, 1.82) is 0 Å². The molecule has 0 fully saturated rings. The third-order valence-corrected chi connectivity index (χ3v) is 5.12. The van der Waals surface area contributed by atoms with Crippen LogP contribution in [0.2, 0.25) is 0 Å². The molecule has 0 amide bonds. The quantitative estimate of drug-likeness (QED) is 0.475. The van der Waals surface area contributed by atoms with Gasteiger partial charge in [-0.2, -0.15) is 11.8 Å². The van der Waals surface area contributed by atoms with Crippen LogP contribution in [0.3, 0.4) is 0 Å². The molecule has 0 aromatic carbocycles. The maximum atomic E-state index is 9.29. The second kappa shape index (κ2) is 8.96. The standard InChI is InChI=1S/C15H20BrNO3S2/c1-2-3-7-22-8-5-17(4-6-18)13-9-12(21)15-14(20-13)11(16)10-19-15/h9-10,18H,2-8H2,1H3. The minimum absolute atomic E-state index is 0.0759. The molecule has 122 valence electrons. The van der Waals surface area contributed by atoms with E-state index in [0.717, 1.165) is 16.8 Å². The number of thioether (sulfide) groups is 1. The summed E-state index contributed by atoms with van der Waals surface area (Å²) in [6.45, 7) is 3.61. The van der Waals surface area contributed by atoms with Crippen LogP contribution in [0.1, 0.15) is 19.8 Å². The molecule has 2 aromatic heterocycles. The molecule has 0 radical (unpaired) electrons. The molecule has 0 aliphatic heterocycles. The Labute approximate surface area is 148 Å². The van der Waals surface area contributed by atoms with Crippen LogP contribution in [-0.4, -0.2) is 36.3 Å². The molecule has 0 bridgehead atoms. The molecule has 0 spiro atoms. The zero-order valence-corrected chi connectivity index (χ0v) is 15.7. The number of fused-ring (bicyclic) bond motifs is 1. The molecule has 0 aliphatic carbocycles. The SMILES string of the molecule is CCCCSCCN(CCO)c1cc(=S)c2occ(Br)c2o1. The number of rotatable bonds is 9. The van der Waals surface area contributed by atoms with E-state index in [4.69, 9.17) is 21.1 Å². The molecule has 2 heterocycles. The number of aliphatic hydroxyl groups is 1. The first-order valence-electron chi connectivity index (χ1n) is 7.31. The maximum Gasteiger partial charge on any atom is 0.197 e. The maximum absolute atomic E-state index is 9.29. The number of unbranched alkanes of at least 4 members (excludes halogenated alkanes) is 1. The lowest BCUT2D eigenvalue weighted by molar-refractivity contribution is 0.300. The lowest BCUT2D eigenvalue weighted by Crippen LogP contribution is -2.29. The van der Waals surface area contributed by atoms with Gasteiger partial charge in [0, 0.05) is 24.9 Å². The number of furan rings is 1. The van der Waals surface area contributed by atoms with E-state index in [1.165, 1.54) is 18.6 Å². The summed E-state index contributed by atoms with van der Waals surface area (Å²) < 4.78 is 12.6. The molecule has 22 heavy (non-hydrogen) atoms.